The summed E-state index contributed by atoms with van der Waals surface area (Å²) in [7, 11) is 2.89. The molecule has 140 valence electrons. The molecule has 0 saturated heterocycles. The molecular weight excluding hydrogens is 339 g/mol. The van der Waals surface area contributed by atoms with E-state index in [1.807, 2.05) is 0 Å². The lowest BCUT2D eigenvalue weighted by Gasteiger charge is -2.39. The van der Waals surface area contributed by atoms with E-state index in [-0.39, 0.29) is 11.3 Å². The second kappa shape index (κ2) is 8.17. The molecule has 0 aliphatic heterocycles. The van der Waals surface area contributed by atoms with E-state index in [1.165, 1.54) is 31.1 Å². The molecule has 1 amide bonds. The molecule has 7 heteroatoms. The van der Waals surface area contributed by atoms with E-state index in [1.54, 1.807) is 7.05 Å². The number of hydrogen-bond acceptors (Lipinski definition) is 5. The molecule has 0 radical (unpaired) electrons. The first-order valence-corrected chi connectivity index (χ1v) is 8.58. The minimum absolute atomic E-state index is 0.0127. The normalized spacial score (nSPS) is 16.9. The van der Waals surface area contributed by atoms with Gasteiger partial charge in [-0.05, 0) is 38.0 Å². The Morgan fingerprint density at radius 3 is 2.50 bits per heavy atom. The first-order chi connectivity index (χ1) is 12.3. The third-order valence-electron chi connectivity index (χ3n) is 4.88. The van der Waals surface area contributed by atoms with Gasteiger partial charge in [-0.25, -0.2) is 9.18 Å². The molecule has 26 heavy (non-hydrogen) atoms. The van der Waals surface area contributed by atoms with Gasteiger partial charge in [0.1, 0.15) is 5.54 Å². The third-order valence-corrected chi connectivity index (χ3v) is 4.88. The number of carbonyl (C=O) groups excluding carboxylic acids is 2. The van der Waals surface area contributed by atoms with Gasteiger partial charge in [0.2, 0.25) is 0 Å². The highest BCUT2D eigenvalue weighted by Crippen LogP contribution is 2.33. The highest BCUT2D eigenvalue weighted by Gasteiger charge is 2.40. The monoisotopic (exact) mass is 362 g/mol. The number of amides is 1. The molecule has 1 aromatic carbocycles. The largest absolute Gasteiger partial charge is 0.494 e. The smallest absolute Gasteiger partial charge is 0.339 e. The fourth-order valence-electron chi connectivity index (χ4n) is 3.21. The zero-order chi connectivity index (χ0) is 19.3. The number of esters is 1. The summed E-state index contributed by atoms with van der Waals surface area (Å²) in [4.78, 5) is 26.2. The van der Waals surface area contributed by atoms with Crippen LogP contribution in [0.4, 0.5) is 4.39 Å². The van der Waals surface area contributed by atoms with Crippen molar-refractivity contribution in [1.29, 1.82) is 5.26 Å². The van der Waals surface area contributed by atoms with Crippen LogP contribution in [0.5, 0.6) is 5.75 Å². The van der Waals surface area contributed by atoms with Gasteiger partial charge in [-0.1, -0.05) is 19.3 Å². The minimum atomic E-state index is -1.08. The Kier molecular flexibility index (Phi) is 6.19. The Balaban J connectivity index is 2.07. The maximum atomic E-state index is 13.7. The van der Waals surface area contributed by atoms with E-state index in [0.29, 0.717) is 12.8 Å². The van der Waals surface area contributed by atoms with E-state index < -0.39 is 29.3 Å². The number of nitriles is 1. The van der Waals surface area contributed by atoms with Crippen LogP contribution < -0.4 is 4.74 Å². The number of benzene rings is 1. The maximum Gasteiger partial charge on any atom is 0.339 e. The minimum Gasteiger partial charge on any atom is -0.494 e. The summed E-state index contributed by atoms with van der Waals surface area (Å²) in [6, 6.07) is 5.94. The molecule has 1 fully saturated rings. The van der Waals surface area contributed by atoms with Crippen molar-refractivity contribution in [2.45, 2.75) is 50.7 Å². The number of carbonyl (C=O) groups is 2. The van der Waals surface area contributed by atoms with Gasteiger partial charge in [-0.2, -0.15) is 5.26 Å². The first kappa shape index (κ1) is 19.7. The van der Waals surface area contributed by atoms with Gasteiger partial charge >= 0.3 is 5.97 Å². The molecule has 0 spiro atoms. The molecule has 1 atom stereocenters. The fourth-order valence-corrected chi connectivity index (χ4v) is 3.21. The summed E-state index contributed by atoms with van der Waals surface area (Å²) in [5.41, 5.74) is -0.874. The van der Waals surface area contributed by atoms with E-state index in [4.69, 9.17) is 9.47 Å². The molecule has 1 saturated carbocycles. The first-order valence-electron chi connectivity index (χ1n) is 8.58. The number of nitrogens with zero attached hydrogens (tertiary/aromatic N) is 2. The predicted octanol–water partition coefficient (Wildman–Crippen LogP) is 3.06. The Hall–Kier alpha value is -2.62. The van der Waals surface area contributed by atoms with E-state index in [9.17, 15) is 19.2 Å². The van der Waals surface area contributed by atoms with Crippen LogP contribution in [0.3, 0.4) is 0 Å². The van der Waals surface area contributed by atoms with Crippen LogP contribution >= 0.6 is 0 Å². The molecule has 0 unspecified atom stereocenters. The van der Waals surface area contributed by atoms with E-state index in [0.717, 1.165) is 25.3 Å². The number of halogens is 1. The van der Waals surface area contributed by atoms with Crippen molar-refractivity contribution in [3.63, 3.8) is 0 Å². The zero-order valence-corrected chi connectivity index (χ0v) is 15.3. The van der Waals surface area contributed by atoms with Gasteiger partial charge in [0.05, 0.1) is 18.7 Å². The SMILES string of the molecule is COc1ccc(C(=O)O[C@@H](C)C(=O)N(C)C2(C#N)CCCCC2)cc1F. The molecule has 0 N–H and O–H groups in total. The van der Waals surface area contributed by atoms with Crippen LogP contribution in [0, 0.1) is 17.1 Å². The number of likely N-dealkylation sites (N-methyl/N-ethyl adjacent to an activating group) is 1. The molecule has 1 aromatic rings. The van der Waals surface area contributed by atoms with Crippen LogP contribution in [0.15, 0.2) is 18.2 Å². The van der Waals surface area contributed by atoms with Crippen molar-refractivity contribution >= 4 is 11.9 Å². The molecule has 0 heterocycles. The van der Waals surface area contributed by atoms with Gasteiger partial charge in [0, 0.05) is 7.05 Å². The third kappa shape index (κ3) is 3.96. The van der Waals surface area contributed by atoms with E-state index in [2.05, 4.69) is 6.07 Å². The van der Waals surface area contributed by atoms with Crippen molar-refractivity contribution in [3.05, 3.63) is 29.6 Å². The summed E-state index contributed by atoms with van der Waals surface area (Å²) < 4.78 is 23.7. The number of hydrogen-bond donors (Lipinski definition) is 0. The number of methoxy groups -OCH3 is 1. The van der Waals surface area contributed by atoms with Crippen LogP contribution in [0.2, 0.25) is 0 Å². The van der Waals surface area contributed by atoms with Crippen LogP contribution in [-0.2, 0) is 9.53 Å². The Morgan fingerprint density at radius 2 is 1.96 bits per heavy atom. The molecule has 6 nitrogen and oxygen atoms in total. The van der Waals surface area contributed by atoms with Gasteiger partial charge in [0.25, 0.3) is 5.91 Å². The predicted molar refractivity (Wildman–Crippen MR) is 92.0 cm³/mol. The topological polar surface area (TPSA) is 79.6 Å². The molecule has 1 aliphatic rings. The summed E-state index contributed by atoms with van der Waals surface area (Å²) in [6.45, 7) is 1.45. The van der Waals surface area contributed by atoms with Crippen LogP contribution in [0.25, 0.3) is 0 Å². The van der Waals surface area contributed by atoms with Gasteiger partial charge in [0.15, 0.2) is 17.7 Å². The summed E-state index contributed by atoms with van der Waals surface area (Å²) in [6.07, 6.45) is 2.94. The van der Waals surface area contributed by atoms with Gasteiger partial charge in [-0.15, -0.1) is 0 Å². The van der Waals surface area contributed by atoms with Gasteiger partial charge in [-0.3, -0.25) is 4.79 Å². The van der Waals surface area contributed by atoms with Crippen molar-refractivity contribution in [2.24, 2.45) is 0 Å². The summed E-state index contributed by atoms with van der Waals surface area (Å²) in [5, 5.41) is 9.58. The summed E-state index contributed by atoms with van der Waals surface area (Å²) in [5.74, 6) is -1.94. The Bertz CT molecular complexity index is 723. The Morgan fingerprint density at radius 1 is 1.31 bits per heavy atom. The lowest BCUT2D eigenvalue weighted by Crippen LogP contribution is -2.53. The maximum absolute atomic E-state index is 13.7. The molecule has 0 bridgehead atoms. The second-order valence-electron chi connectivity index (χ2n) is 6.50. The van der Waals surface area contributed by atoms with Gasteiger partial charge < -0.3 is 14.4 Å². The molecular formula is C19H23FN2O4. The number of rotatable bonds is 5. The quantitative estimate of drug-likeness (QED) is 0.752. The Labute approximate surface area is 152 Å². The summed E-state index contributed by atoms with van der Waals surface area (Å²) >= 11 is 0. The van der Waals surface area contributed by atoms with Crippen molar-refractivity contribution in [1.82, 2.24) is 4.90 Å². The fraction of sp³-hybridized carbons (Fsp3) is 0.526. The molecule has 1 aliphatic carbocycles. The highest BCUT2D eigenvalue weighted by atomic mass is 19.1. The molecule has 0 aromatic heterocycles. The zero-order valence-electron chi connectivity index (χ0n) is 15.3. The lowest BCUT2D eigenvalue weighted by atomic mass is 9.81. The van der Waals surface area contributed by atoms with Crippen molar-refractivity contribution in [2.75, 3.05) is 14.2 Å². The van der Waals surface area contributed by atoms with Crippen molar-refractivity contribution in [3.8, 4) is 11.8 Å². The van der Waals surface area contributed by atoms with Crippen LogP contribution in [-0.4, -0.2) is 42.6 Å². The van der Waals surface area contributed by atoms with E-state index >= 15 is 0 Å². The average molecular weight is 362 g/mol. The van der Waals surface area contributed by atoms with Crippen molar-refractivity contribution < 1.29 is 23.5 Å². The number of ether oxygens (including phenoxy) is 2. The second-order valence-corrected chi connectivity index (χ2v) is 6.50. The molecule has 2 rings (SSSR count). The standard InChI is InChI=1S/C19H23FN2O4/c1-13(17(23)22(2)19(12-21)9-5-4-6-10-19)26-18(24)14-7-8-16(25-3)15(20)11-14/h7-8,11,13H,4-6,9-10H2,1-3H3/t13-/m0/s1. The highest BCUT2D eigenvalue weighted by molar-refractivity contribution is 5.92. The lowest BCUT2D eigenvalue weighted by molar-refractivity contribution is -0.143. The van der Waals surface area contributed by atoms with Crippen LogP contribution in [0.1, 0.15) is 49.4 Å². The average Bonchev–Trinajstić information content (AvgIpc) is 2.67.